The SMILES string of the molecule is O=S(=O)(c1cc(C(F)(F)F)ccc1Cl)N1CCN(Cc2cccc(OCCO)c2)CC1. The van der Waals surface area contributed by atoms with E-state index in [4.69, 9.17) is 21.4 Å². The maximum absolute atomic E-state index is 13.0. The average Bonchev–Trinajstić information content (AvgIpc) is 2.72. The first-order valence-corrected chi connectivity index (χ1v) is 11.3. The van der Waals surface area contributed by atoms with Crippen LogP contribution in [-0.2, 0) is 22.7 Å². The van der Waals surface area contributed by atoms with Crippen molar-refractivity contribution >= 4 is 21.6 Å². The zero-order chi connectivity index (χ0) is 22.6. The van der Waals surface area contributed by atoms with Crippen molar-refractivity contribution < 1.29 is 31.4 Å². The third-order valence-electron chi connectivity index (χ3n) is 4.87. The van der Waals surface area contributed by atoms with Crippen molar-refractivity contribution in [3.63, 3.8) is 0 Å². The Morgan fingerprint density at radius 1 is 1.06 bits per heavy atom. The Bertz CT molecular complexity index is 1010. The number of nitrogens with zero attached hydrogens (tertiary/aromatic N) is 2. The van der Waals surface area contributed by atoms with E-state index in [1.54, 1.807) is 6.07 Å². The second-order valence-electron chi connectivity index (χ2n) is 7.04. The van der Waals surface area contributed by atoms with Gasteiger partial charge in [0.2, 0.25) is 10.0 Å². The maximum atomic E-state index is 13.0. The van der Waals surface area contributed by atoms with Crippen molar-refractivity contribution in [1.82, 2.24) is 9.21 Å². The summed E-state index contributed by atoms with van der Waals surface area (Å²) in [4.78, 5) is 1.51. The van der Waals surface area contributed by atoms with Gasteiger partial charge in [-0.3, -0.25) is 4.90 Å². The number of hydrogen-bond acceptors (Lipinski definition) is 5. The van der Waals surface area contributed by atoms with Gasteiger partial charge in [0.25, 0.3) is 0 Å². The van der Waals surface area contributed by atoms with E-state index in [1.807, 2.05) is 23.1 Å². The van der Waals surface area contributed by atoms with Crippen molar-refractivity contribution in [3.8, 4) is 5.75 Å². The molecule has 170 valence electrons. The van der Waals surface area contributed by atoms with Crippen molar-refractivity contribution in [1.29, 1.82) is 0 Å². The predicted molar refractivity (Wildman–Crippen MR) is 110 cm³/mol. The van der Waals surface area contributed by atoms with Crippen LogP contribution in [0.2, 0.25) is 5.02 Å². The van der Waals surface area contributed by atoms with Gasteiger partial charge in [0.15, 0.2) is 0 Å². The zero-order valence-electron chi connectivity index (χ0n) is 16.5. The molecule has 0 radical (unpaired) electrons. The van der Waals surface area contributed by atoms with Gasteiger partial charge in [-0.15, -0.1) is 0 Å². The number of aliphatic hydroxyl groups excluding tert-OH is 1. The summed E-state index contributed by atoms with van der Waals surface area (Å²) in [5.41, 5.74) is -0.0925. The molecule has 0 atom stereocenters. The van der Waals surface area contributed by atoms with Crippen LogP contribution >= 0.6 is 11.6 Å². The number of sulfonamides is 1. The number of benzene rings is 2. The minimum atomic E-state index is -4.66. The summed E-state index contributed by atoms with van der Waals surface area (Å²) < 4.78 is 71.4. The summed E-state index contributed by atoms with van der Waals surface area (Å²) >= 11 is 5.93. The Kier molecular flexibility index (Phi) is 7.48. The fourth-order valence-corrected chi connectivity index (χ4v) is 5.22. The molecule has 0 spiro atoms. The second kappa shape index (κ2) is 9.74. The lowest BCUT2D eigenvalue weighted by Crippen LogP contribution is -2.48. The highest BCUT2D eigenvalue weighted by atomic mass is 35.5. The zero-order valence-corrected chi connectivity index (χ0v) is 18.1. The fraction of sp³-hybridized carbons (Fsp3) is 0.400. The van der Waals surface area contributed by atoms with Crippen LogP contribution in [0, 0.1) is 0 Å². The smallest absolute Gasteiger partial charge is 0.416 e. The van der Waals surface area contributed by atoms with E-state index in [0.717, 1.165) is 22.0 Å². The van der Waals surface area contributed by atoms with Gasteiger partial charge in [0.1, 0.15) is 17.3 Å². The first kappa shape index (κ1) is 23.8. The number of rotatable bonds is 7. The van der Waals surface area contributed by atoms with Crippen molar-refractivity contribution in [3.05, 3.63) is 58.6 Å². The molecule has 31 heavy (non-hydrogen) atoms. The standard InChI is InChI=1S/C20H22ClF3N2O4S/c21-18-5-4-16(20(22,23)24)13-19(18)31(28,29)26-8-6-25(7-9-26)14-15-2-1-3-17(12-15)30-11-10-27/h1-5,12-13,27H,6-11,14H2. The highest BCUT2D eigenvalue weighted by Crippen LogP contribution is 2.34. The molecule has 1 aliphatic heterocycles. The first-order valence-electron chi connectivity index (χ1n) is 9.53. The van der Waals surface area contributed by atoms with E-state index in [0.29, 0.717) is 31.5 Å². The topological polar surface area (TPSA) is 70.1 Å². The summed E-state index contributed by atoms with van der Waals surface area (Å²) in [6, 6.07) is 9.68. The fourth-order valence-electron chi connectivity index (χ4n) is 3.30. The van der Waals surface area contributed by atoms with Gasteiger partial charge < -0.3 is 9.84 Å². The molecule has 0 saturated carbocycles. The Labute approximate surface area is 183 Å². The quantitative estimate of drug-likeness (QED) is 0.661. The molecular formula is C20H22ClF3N2O4S. The van der Waals surface area contributed by atoms with Gasteiger partial charge in [0, 0.05) is 32.7 Å². The third kappa shape index (κ3) is 5.89. The van der Waals surface area contributed by atoms with Crippen LogP contribution in [0.5, 0.6) is 5.75 Å². The Hall–Kier alpha value is -1.85. The van der Waals surface area contributed by atoms with Crippen LogP contribution < -0.4 is 4.74 Å². The molecule has 0 bridgehead atoms. The molecular weight excluding hydrogens is 457 g/mol. The first-order chi connectivity index (χ1) is 14.6. The number of aliphatic hydroxyl groups is 1. The number of piperazine rings is 1. The lowest BCUT2D eigenvalue weighted by atomic mass is 10.2. The summed E-state index contributed by atoms with van der Waals surface area (Å²) in [5, 5.41) is 8.61. The van der Waals surface area contributed by atoms with E-state index in [-0.39, 0.29) is 31.3 Å². The van der Waals surface area contributed by atoms with E-state index in [1.165, 1.54) is 0 Å². The van der Waals surface area contributed by atoms with Crippen molar-refractivity contribution in [2.24, 2.45) is 0 Å². The number of ether oxygens (including phenoxy) is 1. The van der Waals surface area contributed by atoms with Crippen LogP contribution in [0.3, 0.4) is 0 Å². The highest BCUT2D eigenvalue weighted by molar-refractivity contribution is 7.89. The molecule has 1 fully saturated rings. The monoisotopic (exact) mass is 478 g/mol. The largest absolute Gasteiger partial charge is 0.491 e. The van der Waals surface area contributed by atoms with Crippen LogP contribution in [0.15, 0.2) is 47.4 Å². The van der Waals surface area contributed by atoms with Gasteiger partial charge in [-0.25, -0.2) is 8.42 Å². The van der Waals surface area contributed by atoms with Crippen LogP contribution in [0.25, 0.3) is 0 Å². The number of alkyl halides is 3. The van der Waals surface area contributed by atoms with Gasteiger partial charge in [-0.2, -0.15) is 17.5 Å². The maximum Gasteiger partial charge on any atom is 0.416 e. The molecule has 1 saturated heterocycles. The molecule has 2 aromatic carbocycles. The molecule has 1 aliphatic rings. The molecule has 0 amide bonds. The van der Waals surface area contributed by atoms with E-state index in [9.17, 15) is 21.6 Å². The van der Waals surface area contributed by atoms with Crippen molar-refractivity contribution in [2.45, 2.75) is 17.6 Å². The van der Waals surface area contributed by atoms with Gasteiger partial charge in [-0.1, -0.05) is 23.7 Å². The van der Waals surface area contributed by atoms with E-state index < -0.39 is 26.7 Å². The molecule has 6 nitrogen and oxygen atoms in total. The van der Waals surface area contributed by atoms with Gasteiger partial charge >= 0.3 is 6.18 Å². The van der Waals surface area contributed by atoms with Crippen LogP contribution in [0.1, 0.15) is 11.1 Å². The summed E-state index contributed by atoms with van der Waals surface area (Å²) in [5.74, 6) is 0.631. The van der Waals surface area contributed by atoms with Crippen LogP contribution in [0.4, 0.5) is 13.2 Å². The molecule has 2 aromatic rings. The number of halogens is 4. The summed E-state index contributed by atoms with van der Waals surface area (Å²) in [6.45, 7) is 1.77. The summed E-state index contributed by atoms with van der Waals surface area (Å²) in [6.07, 6.45) is -4.66. The van der Waals surface area contributed by atoms with Crippen molar-refractivity contribution in [2.75, 3.05) is 39.4 Å². The van der Waals surface area contributed by atoms with E-state index >= 15 is 0 Å². The molecule has 11 heteroatoms. The van der Waals surface area contributed by atoms with Gasteiger partial charge in [-0.05, 0) is 35.9 Å². The second-order valence-corrected chi connectivity index (χ2v) is 9.36. The normalized spacial score (nSPS) is 16.4. The minimum absolute atomic E-state index is 0.0868. The van der Waals surface area contributed by atoms with E-state index in [2.05, 4.69) is 0 Å². The average molecular weight is 479 g/mol. The predicted octanol–water partition coefficient (Wildman–Crippen LogP) is 3.24. The summed E-state index contributed by atoms with van der Waals surface area (Å²) in [7, 11) is -4.16. The Balaban J connectivity index is 1.67. The number of hydrogen-bond donors (Lipinski definition) is 1. The lowest BCUT2D eigenvalue weighted by Gasteiger charge is -2.34. The third-order valence-corrected chi connectivity index (χ3v) is 7.25. The molecule has 0 unspecified atom stereocenters. The molecule has 1 heterocycles. The Morgan fingerprint density at radius 2 is 1.77 bits per heavy atom. The minimum Gasteiger partial charge on any atom is -0.491 e. The van der Waals surface area contributed by atoms with Crippen LogP contribution in [-0.4, -0.2) is 62.1 Å². The lowest BCUT2D eigenvalue weighted by molar-refractivity contribution is -0.137. The molecule has 3 rings (SSSR count). The molecule has 0 aliphatic carbocycles. The Morgan fingerprint density at radius 3 is 2.42 bits per heavy atom. The van der Waals surface area contributed by atoms with Gasteiger partial charge in [0.05, 0.1) is 17.2 Å². The molecule has 0 aromatic heterocycles. The molecule has 1 N–H and O–H groups in total. The highest BCUT2D eigenvalue weighted by Gasteiger charge is 2.35.